The lowest BCUT2D eigenvalue weighted by Crippen LogP contribution is -2.57. The van der Waals surface area contributed by atoms with Crippen molar-refractivity contribution >= 4 is 17.7 Å². The molecule has 2 aliphatic rings. The molecule has 2 saturated heterocycles. The number of hydrogen-bond donors (Lipinski definition) is 2. The second kappa shape index (κ2) is 12.8. The first kappa shape index (κ1) is 25.4. The van der Waals surface area contributed by atoms with E-state index in [2.05, 4.69) is 39.9 Å². The number of primary amides is 1. The summed E-state index contributed by atoms with van der Waals surface area (Å²) in [5, 5.41) is 3.26. The first-order valence-electron chi connectivity index (χ1n) is 11.2. The SMILES string of the molecule is CC(C)C.CC(C)C[C@@H]1NCCN(CC(=O)N2CCC(CCC(N)=O)CC2)C1=O. The standard InChI is InChI=1S/C18H32N4O3.C4H10/c1-13(2)11-15-18(25)22(10-7-20-15)12-17(24)21-8-5-14(6-9-21)3-4-16(19)23;1-4(2)3/h13-15,20H,3-12H2,1-2H3,(H2,19,23);4H,1-3H3/t15-;/m0./s1. The molecule has 0 aromatic rings. The summed E-state index contributed by atoms with van der Waals surface area (Å²) in [6.07, 6.45) is 3.85. The van der Waals surface area contributed by atoms with E-state index in [4.69, 9.17) is 5.73 Å². The van der Waals surface area contributed by atoms with Gasteiger partial charge in [-0.3, -0.25) is 14.4 Å². The molecule has 3 N–H and O–H groups in total. The molecule has 0 aromatic carbocycles. The van der Waals surface area contributed by atoms with Gasteiger partial charge in [-0.1, -0.05) is 34.6 Å². The van der Waals surface area contributed by atoms with Crippen molar-refractivity contribution in [3.63, 3.8) is 0 Å². The minimum absolute atomic E-state index is 0.0342. The van der Waals surface area contributed by atoms with Crippen LogP contribution in [0.1, 0.15) is 66.7 Å². The zero-order chi connectivity index (χ0) is 22.0. The van der Waals surface area contributed by atoms with E-state index in [1.807, 2.05) is 4.90 Å². The number of rotatable bonds is 7. The second-order valence-electron chi connectivity index (χ2n) is 9.46. The molecule has 0 radical (unpaired) electrons. The quantitative estimate of drug-likeness (QED) is 0.671. The van der Waals surface area contributed by atoms with Gasteiger partial charge < -0.3 is 20.9 Å². The predicted octanol–water partition coefficient (Wildman–Crippen LogP) is 2.00. The molecule has 1 atom stereocenters. The highest BCUT2D eigenvalue weighted by Gasteiger charge is 2.31. The third kappa shape index (κ3) is 10.1. The highest BCUT2D eigenvalue weighted by molar-refractivity contribution is 5.88. The molecule has 7 nitrogen and oxygen atoms in total. The predicted molar refractivity (Wildman–Crippen MR) is 116 cm³/mol. The summed E-state index contributed by atoms with van der Waals surface area (Å²) in [7, 11) is 0. The van der Waals surface area contributed by atoms with Gasteiger partial charge in [0.2, 0.25) is 17.7 Å². The Balaban J connectivity index is 0.000000960. The summed E-state index contributed by atoms with van der Waals surface area (Å²) in [6.45, 7) is 13.6. The van der Waals surface area contributed by atoms with Crippen LogP contribution in [0.25, 0.3) is 0 Å². The van der Waals surface area contributed by atoms with Crippen molar-refractivity contribution in [3.05, 3.63) is 0 Å². The first-order chi connectivity index (χ1) is 13.6. The maximum atomic E-state index is 12.6. The van der Waals surface area contributed by atoms with E-state index < -0.39 is 0 Å². The van der Waals surface area contributed by atoms with Crippen LogP contribution < -0.4 is 11.1 Å². The van der Waals surface area contributed by atoms with Gasteiger partial charge in [-0.05, 0) is 43.4 Å². The number of likely N-dealkylation sites (tertiary alicyclic amines) is 1. The Morgan fingerprint density at radius 3 is 2.21 bits per heavy atom. The van der Waals surface area contributed by atoms with Gasteiger partial charge in [0.25, 0.3) is 0 Å². The molecule has 0 unspecified atom stereocenters. The smallest absolute Gasteiger partial charge is 0.242 e. The topological polar surface area (TPSA) is 95.7 Å². The van der Waals surface area contributed by atoms with Gasteiger partial charge >= 0.3 is 0 Å². The monoisotopic (exact) mass is 410 g/mol. The number of piperidine rings is 1. The Morgan fingerprint density at radius 2 is 1.69 bits per heavy atom. The minimum atomic E-state index is -0.258. The summed E-state index contributed by atoms with van der Waals surface area (Å²) < 4.78 is 0. The highest BCUT2D eigenvalue weighted by atomic mass is 16.2. The second-order valence-corrected chi connectivity index (χ2v) is 9.46. The molecule has 0 bridgehead atoms. The maximum absolute atomic E-state index is 12.6. The van der Waals surface area contributed by atoms with E-state index in [0.717, 1.165) is 38.1 Å². The molecule has 2 rings (SSSR count). The van der Waals surface area contributed by atoms with Gasteiger partial charge in [0.1, 0.15) is 0 Å². The van der Waals surface area contributed by atoms with Gasteiger partial charge in [-0.2, -0.15) is 0 Å². The first-order valence-corrected chi connectivity index (χ1v) is 11.2. The lowest BCUT2D eigenvalue weighted by Gasteiger charge is -2.36. The van der Waals surface area contributed by atoms with Crippen molar-refractivity contribution in [1.29, 1.82) is 0 Å². The van der Waals surface area contributed by atoms with Gasteiger partial charge in [-0.15, -0.1) is 0 Å². The van der Waals surface area contributed by atoms with Gasteiger partial charge in [0, 0.05) is 32.6 Å². The molecule has 0 saturated carbocycles. The van der Waals surface area contributed by atoms with Crippen molar-refractivity contribution in [2.75, 3.05) is 32.7 Å². The van der Waals surface area contributed by atoms with Crippen molar-refractivity contribution in [3.8, 4) is 0 Å². The van der Waals surface area contributed by atoms with Crippen LogP contribution in [-0.2, 0) is 14.4 Å². The Kier molecular flexibility index (Phi) is 11.2. The summed E-state index contributed by atoms with van der Waals surface area (Å²) in [5.74, 6) is 1.56. The van der Waals surface area contributed by atoms with Crippen LogP contribution in [0.2, 0.25) is 0 Å². The lowest BCUT2D eigenvalue weighted by molar-refractivity contribution is -0.144. The number of piperazine rings is 1. The summed E-state index contributed by atoms with van der Waals surface area (Å²) in [5.41, 5.74) is 5.20. The lowest BCUT2D eigenvalue weighted by atomic mass is 9.92. The molecular formula is C22H42N4O3. The average Bonchev–Trinajstić information content (AvgIpc) is 2.63. The number of carbonyl (C=O) groups excluding carboxylic acids is 3. The maximum Gasteiger partial charge on any atom is 0.242 e. The zero-order valence-corrected chi connectivity index (χ0v) is 19.1. The molecule has 168 valence electrons. The van der Waals surface area contributed by atoms with Crippen LogP contribution in [-0.4, -0.2) is 66.3 Å². The molecule has 0 aromatic heterocycles. The van der Waals surface area contributed by atoms with Gasteiger partial charge in [-0.25, -0.2) is 0 Å². The molecule has 2 fully saturated rings. The number of amides is 3. The molecule has 0 aliphatic carbocycles. The van der Waals surface area contributed by atoms with Crippen molar-refractivity contribution in [1.82, 2.24) is 15.1 Å². The molecule has 29 heavy (non-hydrogen) atoms. The fraction of sp³-hybridized carbons (Fsp3) is 0.864. The summed E-state index contributed by atoms with van der Waals surface area (Å²) >= 11 is 0. The Bertz CT molecular complexity index is 525. The summed E-state index contributed by atoms with van der Waals surface area (Å²) in [6, 6.07) is -0.166. The minimum Gasteiger partial charge on any atom is -0.370 e. The number of hydrogen-bond acceptors (Lipinski definition) is 4. The van der Waals surface area contributed by atoms with Crippen LogP contribution in [0.5, 0.6) is 0 Å². The molecule has 0 spiro atoms. The number of nitrogens with zero attached hydrogens (tertiary/aromatic N) is 2. The van der Waals surface area contributed by atoms with E-state index in [-0.39, 0.29) is 30.3 Å². The van der Waals surface area contributed by atoms with Gasteiger partial charge in [0.05, 0.1) is 12.6 Å². The van der Waals surface area contributed by atoms with Crippen LogP contribution in [0.15, 0.2) is 0 Å². The third-order valence-corrected chi connectivity index (χ3v) is 5.18. The van der Waals surface area contributed by atoms with Crippen LogP contribution >= 0.6 is 0 Å². The van der Waals surface area contributed by atoms with Crippen molar-refractivity contribution < 1.29 is 14.4 Å². The highest BCUT2D eigenvalue weighted by Crippen LogP contribution is 2.22. The summed E-state index contributed by atoms with van der Waals surface area (Å²) in [4.78, 5) is 39.5. The number of nitrogens with one attached hydrogen (secondary N) is 1. The Hall–Kier alpha value is -1.63. The van der Waals surface area contributed by atoms with E-state index in [9.17, 15) is 14.4 Å². The van der Waals surface area contributed by atoms with E-state index in [0.29, 0.717) is 37.9 Å². The third-order valence-electron chi connectivity index (χ3n) is 5.18. The van der Waals surface area contributed by atoms with Crippen molar-refractivity contribution in [2.24, 2.45) is 23.5 Å². The van der Waals surface area contributed by atoms with E-state index in [1.54, 1.807) is 4.90 Å². The molecule has 7 heteroatoms. The number of carbonyl (C=O) groups is 3. The molecule has 2 aliphatic heterocycles. The Morgan fingerprint density at radius 1 is 1.10 bits per heavy atom. The van der Waals surface area contributed by atoms with Crippen LogP contribution in [0.4, 0.5) is 0 Å². The normalized spacial score (nSPS) is 20.7. The molecular weight excluding hydrogens is 368 g/mol. The van der Waals surface area contributed by atoms with Crippen molar-refractivity contribution in [2.45, 2.75) is 72.8 Å². The fourth-order valence-corrected chi connectivity index (χ4v) is 3.68. The fourth-order valence-electron chi connectivity index (χ4n) is 3.68. The largest absolute Gasteiger partial charge is 0.370 e. The average molecular weight is 411 g/mol. The van der Waals surface area contributed by atoms with Crippen LogP contribution in [0, 0.1) is 17.8 Å². The van der Waals surface area contributed by atoms with E-state index in [1.165, 1.54) is 0 Å². The van der Waals surface area contributed by atoms with E-state index >= 15 is 0 Å². The number of nitrogens with two attached hydrogens (primary N) is 1. The molecule has 2 heterocycles. The van der Waals surface area contributed by atoms with Gasteiger partial charge in [0.15, 0.2) is 0 Å². The Labute approximate surface area is 176 Å². The van der Waals surface area contributed by atoms with Crippen LogP contribution in [0.3, 0.4) is 0 Å². The zero-order valence-electron chi connectivity index (χ0n) is 19.1. The molecule has 3 amide bonds.